The molecule has 9 heteroatoms. The van der Waals surface area contributed by atoms with Gasteiger partial charge >= 0.3 is 15.2 Å². The van der Waals surface area contributed by atoms with Crippen LogP contribution in [0.4, 0.5) is 0 Å². The maximum atomic E-state index is 11.1. The average Bonchev–Trinajstić information content (AvgIpc) is 1.97. The molecule has 0 bridgehead atoms. The van der Waals surface area contributed by atoms with Crippen molar-refractivity contribution in [2.45, 2.75) is 18.9 Å². The summed E-state index contributed by atoms with van der Waals surface area (Å²) in [5.41, 5.74) is -1.98. The van der Waals surface area contributed by atoms with Crippen LogP contribution in [-0.4, -0.2) is 31.6 Å². The molecule has 16 heavy (non-hydrogen) atoms. The summed E-state index contributed by atoms with van der Waals surface area (Å²) >= 11 is 0. The van der Waals surface area contributed by atoms with Crippen molar-refractivity contribution < 1.29 is 33.6 Å². The van der Waals surface area contributed by atoms with Crippen molar-refractivity contribution >= 4 is 15.2 Å². The highest BCUT2D eigenvalue weighted by Gasteiger charge is 2.52. The van der Waals surface area contributed by atoms with E-state index in [0.717, 1.165) is 0 Å². The van der Waals surface area contributed by atoms with Crippen molar-refractivity contribution in [3.8, 4) is 0 Å². The Bertz CT molecular complexity index is 314. The molecular weight excluding hydrogens is 256 g/mol. The average molecular weight is 272 g/mol. The lowest BCUT2D eigenvalue weighted by molar-refractivity contribution is -0.876. The number of hydrogen-bond acceptors (Lipinski definition) is 2. The van der Waals surface area contributed by atoms with Gasteiger partial charge in [-0.15, -0.1) is 0 Å². The van der Waals surface area contributed by atoms with Crippen LogP contribution in [0.25, 0.3) is 0 Å². The first-order valence-electron chi connectivity index (χ1n) is 4.76. The number of piperidine rings is 1. The van der Waals surface area contributed by atoms with Crippen LogP contribution in [0.1, 0.15) is 13.3 Å². The van der Waals surface area contributed by atoms with E-state index in [-0.39, 0.29) is 17.4 Å². The molecule has 0 aromatic carbocycles. The van der Waals surface area contributed by atoms with E-state index in [9.17, 15) is 9.13 Å². The zero-order chi connectivity index (χ0) is 12.6. The number of quaternary nitrogens is 1. The van der Waals surface area contributed by atoms with Crippen LogP contribution >= 0.6 is 15.2 Å². The van der Waals surface area contributed by atoms with Crippen molar-refractivity contribution in [3.63, 3.8) is 0 Å². The Morgan fingerprint density at radius 1 is 1.25 bits per heavy atom. The molecule has 0 saturated carbocycles. The van der Waals surface area contributed by atoms with Gasteiger partial charge in [0.2, 0.25) is 0 Å². The lowest BCUT2D eigenvalue weighted by Crippen LogP contribution is -3.14. The molecule has 0 spiro atoms. The maximum absolute atomic E-state index is 11.1. The van der Waals surface area contributed by atoms with E-state index in [2.05, 4.69) is 0 Å². The minimum atomic E-state index is -4.84. The molecule has 1 heterocycles. The van der Waals surface area contributed by atoms with Gasteiger partial charge in [-0.2, -0.15) is 0 Å². The predicted octanol–water partition coefficient (Wildman–Crippen LogP) is -1.08. The molecule has 2 unspecified atom stereocenters. The molecule has 0 amide bonds. The summed E-state index contributed by atoms with van der Waals surface area (Å²) in [5, 5.41) is 0. The molecule has 1 aliphatic heterocycles. The third-order valence-corrected chi connectivity index (χ3v) is 6.16. The quantitative estimate of drug-likeness (QED) is 0.417. The van der Waals surface area contributed by atoms with Crippen LogP contribution in [0.15, 0.2) is 0 Å². The third kappa shape index (κ3) is 3.64. The molecular formula is C7H16NO6P2+. The van der Waals surface area contributed by atoms with Gasteiger partial charge in [0.15, 0.2) is 0 Å². The predicted molar refractivity (Wildman–Crippen MR) is 56.1 cm³/mol. The van der Waals surface area contributed by atoms with Crippen molar-refractivity contribution in [1.29, 1.82) is 0 Å². The summed E-state index contributed by atoms with van der Waals surface area (Å²) in [5.74, 6) is -0.0238. The van der Waals surface area contributed by atoms with Gasteiger partial charge in [0.1, 0.15) is 6.54 Å². The van der Waals surface area contributed by atoms with Crippen molar-refractivity contribution in [2.75, 3.05) is 6.54 Å². The van der Waals surface area contributed by atoms with Gasteiger partial charge in [-0.25, -0.2) is 0 Å². The Labute approximate surface area is 93.8 Å². The van der Waals surface area contributed by atoms with Crippen LogP contribution in [0, 0.1) is 18.9 Å². The fourth-order valence-corrected chi connectivity index (χ4v) is 4.71. The third-order valence-electron chi connectivity index (χ3n) is 2.42. The zero-order valence-electron chi connectivity index (χ0n) is 8.72. The van der Waals surface area contributed by atoms with Crippen LogP contribution < -0.4 is 4.90 Å². The first kappa shape index (κ1) is 14.3. The summed E-state index contributed by atoms with van der Waals surface area (Å²) in [6.07, 6.45) is 2.50. The Kier molecular flexibility index (Phi) is 4.35. The molecule has 5 N–H and O–H groups in total. The first-order chi connectivity index (χ1) is 7.12. The van der Waals surface area contributed by atoms with Crippen LogP contribution in [0.3, 0.4) is 0 Å². The summed E-state index contributed by atoms with van der Waals surface area (Å²) < 4.78 is 22.3. The Hall–Kier alpha value is 0.260. The lowest BCUT2D eigenvalue weighted by atomic mass is 10.0. The monoisotopic (exact) mass is 272 g/mol. The molecule has 1 aliphatic rings. The highest BCUT2D eigenvalue weighted by molar-refractivity contribution is 7.70. The molecule has 1 fully saturated rings. The maximum Gasteiger partial charge on any atom is 0.395 e. The van der Waals surface area contributed by atoms with Crippen molar-refractivity contribution in [3.05, 3.63) is 13.0 Å². The van der Waals surface area contributed by atoms with Gasteiger partial charge in [-0.05, 0) is 6.42 Å². The Morgan fingerprint density at radius 3 is 2.12 bits per heavy atom. The second kappa shape index (κ2) is 4.86. The Morgan fingerprint density at radius 2 is 1.75 bits per heavy atom. The van der Waals surface area contributed by atoms with E-state index >= 15 is 0 Å². The van der Waals surface area contributed by atoms with E-state index in [4.69, 9.17) is 19.6 Å². The highest BCUT2D eigenvalue weighted by Crippen LogP contribution is 2.56. The van der Waals surface area contributed by atoms with Gasteiger partial charge in [-0.1, -0.05) is 6.92 Å². The van der Waals surface area contributed by atoms with Gasteiger partial charge < -0.3 is 24.5 Å². The number of hydrogen-bond donors (Lipinski definition) is 5. The van der Waals surface area contributed by atoms with Gasteiger partial charge in [0.25, 0.3) is 5.52 Å². The number of likely N-dealkylation sites (tertiary alicyclic amines) is 1. The second-order valence-corrected chi connectivity index (χ2v) is 7.72. The second-order valence-electron chi connectivity index (χ2n) is 3.93. The summed E-state index contributed by atoms with van der Waals surface area (Å²) in [7, 11) is -9.68. The summed E-state index contributed by atoms with van der Waals surface area (Å²) in [4.78, 5) is 36.2. The van der Waals surface area contributed by atoms with Gasteiger partial charge in [0.05, 0.1) is 6.54 Å². The fourth-order valence-electron chi connectivity index (χ4n) is 1.85. The molecule has 1 saturated heterocycles. The lowest BCUT2D eigenvalue weighted by Gasteiger charge is -2.33. The molecule has 0 aliphatic carbocycles. The zero-order valence-corrected chi connectivity index (χ0v) is 10.5. The smallest absolute Gasteiger partial charge is 0.320 e. The largest absolute Gasteiger partial charge is 0.395 e. The molecule has 94 valence electrons. The van der Waals surface area contributed by atoms with E-state index in [1.165, 1.54) is 6.54 Å². The molecule has 0 aromatic heterocycles. The summed E-state index contributed by atoms with van der Waals surface area (Å²) in [6.45, 7) is 3.60. The number of rotatable bonds is 3. The summed E-state index contributed by atoms with van der Waals surface area (Å²) in [6, 6.07) is 0. The fraction of sp³-hybridized carbons (Fsp3) is 0.714. The molecule has 0 aromatic rings. The van der Waals surface area contributed by atoms with Crippen molar-refractivity contribution in [1.82, 2.24) is 0 Å². The topological polar surface area (TPSA) is 120 Å². The first-order valence-corrected chi connectivity index (χ1v) is 8.13. The standard InChI is InChI=1S/C7H16NO6P2/c1-6-3-2-4-8(5-6)7(15(9,10)11)16(12,13)14/h3,5-8H,2,4H2,1H3,(H2,9,10,11)(H2,12,13,14)/q+1. The van der Waals surface area contributed by atoms with E-state index < -0.39 is 20.7 Å². The Balaban J connectivity index is 2.94. The molecule has 2 radical (unpaired) electrons. The normalized spacial score (nSPS) is 28.4. The minimum absolute atomic E-state index is 0.0238. The van der Waals surface area contributed by atoms with Crippen LogP contribution in [0.2, 0.25) is 0 Å². The van der Waals surface area contributed by atoms with Crippen molar-refractivity contribution in [2.24, 2.45) is 5.92 Å². The number of nitrogens with one attached hydrogen (secondary N) is 1. The van der Waals surface area contributed by atoms with Gasteiger partial charge in [0, 0.05) is 12.3 Å². The molecule has 1 rings (SSSR count). The van der Waals surface area contributed by atoms with Crippen LogP contribution in [-0.2, 0) is 9.13 Å². The van der Waals surface area contributed by atoms with E-state index in [1.807, 2.05) is 6.42 Å². The van der Waals surface area contributed by atoms with E-state index in [0.29, 0.717) is 6.42 Å². The molecule has 7 nitrogen and oxygen atoms in total. The van der Waals surface area contributed by atoms with Gasteiger partial charge in [-0.3, -0.25) is 9.13 Å². The van der Waals surface area contributed by atoms with Crippen LogP contribution in [0.5, 0.6) is 0 Å². The SMILES string of the molecule is CC1[CH]CC[NH+](C(P(=O)(O)O)P(=O)(O)O)[CH]1. The minimum Gasteiger partial charge on any atom is -0.320 e. The van der Waals surface area contributed by atoms with E-state index in [1.54, 1.807) is 6.92 Å². The highest BCUT2D eigenvalue weighted by atomic mass is 31.2. The molecule has 2 atom stereocenters.